The normalized spacial score (nSPS) is 17.0. The van der Waals surface area contributed by atoms with Crippen molar-refractivity contribution in [2.24, 2.45) is 0 Å². The van der Waals surface area contributed by atoms with Gasteiger partial charge in [0.1, 0.15) is 5.82 Å². The molecular formula is C23H28ClF3N4O5S. The summed E-state index contributed by atoms with van der Waals surface area (Å²) < 4.78 is 67.9. The summed E-state index contributed by atoms with van der Waals surface area (Å²) in [7, 11) is -1.07. The summed E-state index contributed by atoms with van der Waals surface area (Å²) in [6.07, 6.45) is -3.50. The summed E-state index contributed by atoms with van der Waals surface area (Å²) >= 11 is 6.31. The SMILES string of the molecule is CCS(=O)(=O)n1cccc1N(C)C(=O)c1cc(Cl)c(CN2CCC[C@H](N(C)C(=O)O)C2)c(C(F)(F)F)c1. The Morgan fingerprint density at radius 3 is 2.51 bits per heavy atom. The monoisotopic (exact) mass is 564 g/mol. The van der Waals surface area contributed by atoms with Gasteiger partial charge in [-0.05, 0) is 56.1 Å². The number of likely N-dealkylation sites (N-methyl/N-ethyl adjacent to an activating group) is 1. The van der Waals surface area contributed by atoms with Crippen LogP contribution in [0.4, 0.5) is 23.8 Å². The predicted molar refractivity (Wildman–Crippen MR) is 133 cm³/mol. The predicted octanol–water partition coefficient (Wildman–Crippen LogP) is 4.21. The van der Waals surface area contributed by atoms with Crippen molar-refractivity contribution in [3.63, 3.8) is 0 Å². The van der Waals surface area contributed by atoms with Crippen molar-refractivity contribution < 1.29 is 36.3 Å². The molecule has 1 aromatic carbocycles. The van der Waals surface area contributed by atoms with Gasteiger partial charge in [0, 0.05) is 50.0 Å². The molecular weight excluding hydrogens is 537 g/mol. The highest BCUT2D eigenvalue weighted by Gasteiger charge is 2.37. The molecule has 0 unspecified atom stereocenters. The number of nitrogens with zero attached hydrogens (tertiary/aromatic N) is 4. The van der Waals surface area contributed by atoms with E-state index in [0.717, 1.165) is 19.8 Å². The van der Waals surface area contributed by atoms with Crippen LogP contribution in [0.5, 0.6) is 0 Å². The Bertz CT molecular complexity index is 1280. The van der Waals surface area contributed by atoms with Gasteiger partial charge >= 0.3 is 12.3 Å². The zero-order chi connectivity index (χ0) is 27.7. The minimum atomic E-state index is -4.83. The second kappa shape index (κ2) is 10.9. The van der Waals surface area contributed by atoms with Crippen molar-refractivity contribution in [1.82, 2.24) is 13.8 Å². The largest absolute Gasteiger partial charge is 0.465 e. The van der Waals surface area contributed by atoms with E-state index in [1.807, 2.05) is 0 Å². The van der Waals surface area contributed by atoms with Crippen LogP contribution in [0.1, 0.15) is 41.3 Å². The summed E-state index contributed by atoms with van der Waals surface area (Å²) in [6, 6.07) is 4.26. The number of halogens is 4. The summed E-state index contributed by atoms with van der Waals surface area (Å²) in [6.45, 7) is 1.95. The molecule has 2 heterocycles. The van der Waals surface area contributed by atoms with Crippen LogP contribution in [0.15, 0.2) is 30.5 Å². The molecule has 1 N–H and O–H groups in total. The highest BCUT2D eigenvalue weighted by molar-refractivity contribution is 7.90. The van der Waals surface area contributed by atoms with Crippen molar-refractivity contribution in [2.45, 2.75) is 38.5 Å². The lowest BCUT2D eigenvalue weighted by Gasteiger charge is -2.37. The van der Waals surface area contributed by atoms with Gasteiger partial charge in [0.25, 0.3) is 5.91 Å². The standard InChI is InChI=1S/C23H28ClF3N4O5S/c1-4-37(35,36)31-10-6-8-20(31)29(3)21(32)15-11-18(23(25,26)27)17(19(24)12-15)14-30-9-5-7-16(13-30)28(2)22(33)34/h6,8,10-12,16H,4-5,7,9,13-14H2,1-3H3,(H,33,34)/t16-/m0/s1. The maximum Gasteiger partial charge on any atom is 0.416 e. The van der Waals surface area contributed by atoms with E-state index in [4.69, 9.17) is 11.6 Å². The van der Waals surface area contributed by atoms with Gasteiger partial charge in [0.2, 0.25) is 10.0 Å². The number of amides is 2. The molecule has 1 aliphatic heterocycles. The third kappa shape index (κ3) is 6.21. The number of carboxylic acid groups (broad SMARTS) is 1. The third-order valence-electron chi connectivity index (χ3n) is 6.46. The molecule has 14 heteroatoms. The number of aromatic nitrogens is 1. The number of rotatable bonds is 7. The van der Waals surface area contributed by atoms with Gasteiger partial charge in [-0.1, -0.05) is 11.6 Å². The zero-order valence-corrected chi connectivity index (χ0v) is 22.1. The van der Waals surface area contributed by atoms with E-state index in [1.165, 1.54) is 39.3 Å². The van der Waals surface area contributed by atoms with E-state index in [-0.39, 0.29) is 46.9 Å². The highest BCUT2D eigenvalue weighted by Crippen LogP contribution is 2.38. The van der Waals surface area contributed by atoms with Crippen LogP contribution in [0, 0.1) is 0 Å². The molecule has 37 heavy (non-hydrogen) atoms. The highest BCUT2D eigenvalue weighted by atomic mass is 35.5. The summed E-state index contributed by atoms with van der Waals surface area (Å²) in [5.41, 5.74) is -1.65. The molecule has 0 bridgehead atoms. The molecule has 0 radical (unpaired) electrons. The number of hydrogen-bond acceptors (Lipinski definition) is 5. The fraction of sp³-hybridized carbons (Fsp3) is 0.478. The summed E-state index contributed by atoms with van der Waals surface area (Å²) in [5.74, 6) is -1.14. The van der Waals surface area contributed by atoms with Crippen LogP contribution in [-0.2, 0) is 22.7 Å². The molecule has 2 aromatic rings. The van der Waals surface area contributed by atoms with Gasteiger partial charge in [-0.15, -0.1) is 0 Å². The number of hydrogen-bond donors (Lipinski definition) is 1. The molecule has 0 saturated carbocycles. The zero-order valence-electron chi connectivity index (χ0n) is 20.5. The van der Waals surface area contributed by atoms with Gasteiger partial charge < -0.3 is 10.0 Å². The molecule has 9 nitrogen and oxygen atoms in total. The van der Waals surface area contributed by atoms with Gasteiger partial charge in [0.05, 0.1) is 11.3 Å². The number of benzene rings is 1. The topological polar surface area (TPSA) is 103 Å². The maximum atomic E-state index is 14.1. The van der Waals surface area contributed by atoms with E-state index in [1.54, 1.807) is 4.90 Å². The Labute approximate surface area is 218 Å². The smallest absolute Gasteiger partial charge is 0.416 e. The molecule has 1 aromatic heterocycles. The first-order valence-corrected chi connectivity index (χ1v) is 13.4. The number of likely N-dealkylation sites (tertiary alicyclic amines) is 1. The summed E-state index contributed by atoms with van der Waals surface area (Å²) in [5, 5.41) is 8.98. The van der Waals surface area contributed by atoms with Gasteiger partial charge in [-0.2, -0.15) is 13.2 Å². The lowest BCUT2D eigenvalue weighted by Crippen LogP contribution is -2.48. The van der Waals surface area contributed by atoms with Crippen LogP contribution in [0.25, 0.3) is 0 Å². The number of carbonyl (C=O) groups is 2. The average Bonchev–Trinajstić information content (AvgIpc) is 3.34. The quantitative estimate of drug-likeness (QED) is 0.540. The molecule has 2 amide bonds. The number of piperidine rings is 1. The van der Waals surface area contributed by atoms with E-state index in [0.29, 0.717) is 25.5 Å². The van der Waals surface area contributed by atoms with Gasteiger partial charge in [0.15, 0.2) is 0 Å². The Hall–Kier alpha value is -2.77. The van der Waals surface area contributed by atoms with Crippen LogP contribution in [0.3, 0.4) is 0 Å². The Morgan fingerprint density at radius 2 is 1.92 bits per heavy atom. The fourth-order valence-corrected chi connectivity index (χ4v) is 5.61. The Morgan fingerprint density at radius 1 is 1.24 bits per heavy atom. The molecule has 1 fully saturated rings. The van der Waals surface area contributed by atoms with E-state index < -0.39 is 33.8 Å². The van der Waals surface area contributed by atoms with E-state index in [9.17, 15) is 36.3 Å². The van der Waals surface area contributed by atoms with Crippen molar-refractivity contribution in [3.05, 3.63) is 52.2 Å². The van der Waals surface area contributed by atoms with Gasteiger partial charge in [-0.25, -0.2) is 17.2 Å². The van der Waals surface area contributed by atoms with Crippen molar-refractivity contribution >= 4 is 39.4 Å². The second-order valence-electron chi connectivity index (χ2n) is 8.83. The molecule has 204 valence electrons. The minimum Gasteiger partial charge on any atom is -0.465 e. The maximum absolute atomic E-state index is 14.1. The Kier molecular flexibility index (Phi) is 8.50. The number of anilines is 1. The minimum absolute atomic E-state index is 0.0254. The molecule has 0 aliphatic carbocycles. The number of carbonyl (C=O) groups excluding carboxylic acids is 1. The first kappa shape index (κ1) is 28.8. The second-order valence-corrected chi connectivity index (χ2v) is 11.4. The average molecular weight is 565 g/mol. The van der Waals surface area contributed by atoms with Gasteiger partial charge in [-0.3, -0.25) is 14.6 Å². The molecule has 1 aliphatic rings. The van der Waals surface area contributed by atoms with Crippen molar-refractivity contribution in [3.8, 4) is 0 Å². The lowest BCUT2D eigenvalue weighted by molar-refractivity contribution is -0.138. The first-order valence-electron chi connectivity index (χ1n) is 11.4. The molecule has 1 saturated heterocycles. The van der Waals surface area contributed by atoms with Crippen LogP contribution in [-0.4, -0.2) is 78.3 Å². The van der Waals surface area contributed by atoms with Crippen LogP contribution < -0.4 is 4.90 Å². The van der Waals surface area contributed by atoms with E-state index >= 15 is 0 Å². The van der Waals surface area contributed by atoms with Crippen molar-refractivity contribution in [2.75, 3.05) is 37.8 Å². The Balaban J connectivity index is 1.94. The fourth-order valence-electron chi connectivity index (χ4n) is 4.33. The first-order chi connectivity index (χ1) is 17.2. The lowest BCUT2D eigenvalue weighted by atomic mass is 9.99. The van der Waals surface area contributed by atoms with Crippen molar-refractivity contribution in [1.29, 1.82) is 0 Å². The van der Waals surface area contributed by atoms with E-state index in [2.05, 4.69) is 0 Å². The molecule has 0 spiro atoms. The third-order valence-corrected chi connectivity index (χ3v) is 8.44. The molecule has 1 atom stereocenters. The van der Waals surface area contributed by atoms with Crippen LogP contribution >= 0.6 is 11.6 Å². The number of alkyl halides is 3. The molecule has 3 rings (SSSR count). The summed E-state index contributed by atoms with van der Waals surface area (Å²) in [4.78, 5) is 28.3. The van der Waals surface area contributed by atoms with Crippen LogP contribution in [0.2, 0.25) is 5.02 Å².